The van der Waals surface area contributed by atoms with E-state index < -0.39 is 5.92 Å². The van der Waals surface area contributed by atoms with Crippen molar-refractivity contribution in [3.63, 3.8) is 0 Å². The molecule has 1 aromatic heterocycles. The zero-order chi connectivity index (χ0) is 19.2. The first-order valence-electron chi connectivity index (χ1n) is 8.11. The lowest BCUT2D eigenvalue weighted by atomic mass is 9.96. The lowest BCUT2D eigenvalue weighted by molar-refractivity contribution is -0.117. The van der Waals surface area contributed by atoms with E-state index in [0.29, 0.717) is 17.2 Å². The highest BCUT2D eigenvalue weighted by Gasteiger charge is 2.27. The van der Waals surface area contributed by atoms with E-state index in [2.05, 4.69) is 25.9 Å². The smallest absolute Gasteiger partial charge is 0.235 e. The SMILES string of the molecule is COc1ccc(CC(C(=O)Nc2ccc(F)cc2)c2nn[nH]n2)c(OC)c1. The first-order valence-corrected chi connectivity index (χ1v) is 8.11. The molecule has 8 nitrogen and oxygen atoms in total. The van der Waals surface area contributed by atoms with Crippen LogP contribution in [-0.4, -0.2) is 40.8 Å². The third-order valence-corrected chi connectivity index (χ3v) is 4.02. The molecule has 3 rings (SSSR count). The second kappa shape index (κ2) is 8.26. The summed E-state index contributed by atoms with van der Waals surface area (Å²) in [6, 6.07) is 10.8. The Morgan fingerprint density at radius 2 is 1.96 bits per heavy atom. The number of halogens is 1. The van der Waals surface area contributed by atoms with Gasteiger partial charge in [0.15, 0.2) is 5.82 Å². The van der Waals surface area contributed by atoms with Gasteiger partial charge in [0.05, 0.1) is 14.2 Å². The first-order chi connectivity index (χ1) is 13.1. The average molecular weight is 371 g/mol. The average Bonchev–Trinajstić information content (AvgIpc) is 3.22. The summed E-state index contributed by atoms with van der Waals surface area (Å²) in [6.07, 6.45) is 0.278. The van der Waals surface area contributed by atoms with Crippen LogP contribution >= 0.6 is 0 Å². The van der Waals surface area contributed by atoms with E-state index in [9.17, 15) is 9.18 Å². The molecule has 1 heterocycles. The van der Waals surface area contributed by atoms with Crippen molar-refractivity contribution in [2.45, 2.75) is 12.3 Å². The number of amides is 1. The van der Waals surface area contributed by atoms with Crippen LogP contribution < -0.4 is 14.8 Å². The predicted molar refractivity (Wildman–Crippen MR) is 95.2 cm³/mol. The second-order valence-corrected chi connectivity index (χ2v) is 5.70. The monoisotopic (exact) mass is 371 g/mol. The van der Waals surface area contributed by atoms with Crippen LogP contribution in [-0.2, 0) is 11.2 Å². The zero-order valence-corrected chi connectivity index (χ0v) is 14.8. The van der Waals surface area contributed by atoms with Crippen molar-refractivity contribution in [2.24, 2.45) is 0 Å². The van der Waals surface area contributed by atoms with Gasteiger partial charge in [-0.3, -0.25) is 4.79 Å². The fraction of sp³-hybridized carbons (Fsp3) is 0.222. The van der Waals surface area contributed by atoms with E-state index in [-0.39, 0.29) is 24.0 Å². The van der Waals surface area contributed by atoms with Gasteiger partial charge < -0.3 is 14.8 Å². The molecule has 2 aromatic carbocycles. The van der Waals surface area contributed by atoms with Gasteiger partial charge in [-0.1, -0.05) is 11.3 Å². The summed E-state index contributed by atoms with van der Waals surface area (Å²) in [5.41, 5.74) is 1.25. The number of nitrogens with zero attached hydrogens (tertiary/aromatic N) is 3. The summed E-state index contributed by atoms with van der Waals surface area (Å²) < 4.78 is 23.7. The van der Waals surface area contributed by atoms with Gasteiger partial charge >= 0.3 is 0 Å². The molecular formula is C18H18FN5O3. The van der Waals surface area contributed by atoms with E-state index in [1.807, 2.05) is 6.07 Å². The first kappa shape index (κ1) is 18.3. The number of tetrazole rings is 1. The summed E-state index contributed by atoms with van der Waals surface area (Å²) in [5.74, 6) is 0.00930. The van der Waals surface area contributed by atoms with Crippen molar-refractivity contribution >= 4 is 11.6 Å². The molecule has 0 saturated heterocycles. The summed E-state index contributed by atoms with van der Waals surface area (Å²) in [5, 5.41) is 16.5. The number of aromatic amines is 1. The maximum absolute atomic E-state index is 13.1. The molecule has 0 aliphatic rings. The molecule has 0 saturated carbocycles. The van der Waals surface area contributed by atoms with Crippen molar-refractivity contribution in [2.75, 3.05) is 19.5 Å². The standard InChI is InChI=1S/C18H18FN5O3/c1-26-14-8-3-11(16(10-14)27-2)9-15(17-21-23-24-22-17)18(25)20-13-6-4-12(19)5-7-13/h3-8,10,15H,9H2,1-2H3,(H,20,25)(H,21,22,23,24). The largest absolute Gasteiger partial charge is 0.497 e. The Balaban J connectivity index is 1.86. The number of H-pyrrole nitrogens is 1. The zero-order valence-electron chi connectivity index (χ0n) is 14.8. The molecule has 0 fully saturated rings. The molecule has 1 amide bonds. The molecule has 1 unspecified atom stereocenters. The Morgan fingerprint density at radius 3 is 2.59 bits per heavy atom. The fourth-order valence-corrected chi connectivity index (χ4v) is 2.62. The summed E-state index contributed by atoms with van der Waals surface area (Å²) >= 11 is 0. The van der Waals surface area contributed by atoms with Crippen LogP contribution in [0.3, 0.4) is 0 Å². The predicted octanol–water partition coefficient (Wildman–Crippen LogP) is 2.32. The Hall–Kier alpha value is -3.49. The van der Waals surface area contributed by atoms with Crippen molar-refractivity contribution in [1.82, 2.24) is 20.6 Å². The van der Waals surface area contributed by atoms with Gasteiger partial charge in [0.25, 0.3) is 0 Å². The maximum Gasteiger partial charge on any atom is 0.235 e. The van der Waals surface area contributed by atoms with Crippen LogP contribution in [0.4, 0.5) is 10.1 Å². The Kier molecular flexibility index (Phi) is 5.60. The molecule has 0 bridgehead atoms. The van der Waals surface area contributed by atoms with E-state index in [1.54, 1.807) is 26.4 Å². The highest BCUT2D eigenvalue weighted by molar-refractivity contribution is 5.95. The number of hydrogen-bond donors (Lipinski definition) is 2. The van der Waals surface area contributed by atoms with Crippen LogP contribution in [0.15, 0.2) is 42.5 Å². The molecule has 3 aromatic rings. The third kappa shape index (κ3) is 4.38. The molecule has 140 valence electrons. The maximum atomic E-state index is 13.1. The van der Waals surface area contributed by atoms with Crippen molar-refractivity contribution in [3.8, 4) is 11.5 Å². The van der Waals surface area contributed by atoms with Crippen LogP contribution in [0.25, 0.3) is 0 Å². The van der Waals surface area contributed by atoms with Gasteiger partial charge in [0.2, 0.25) is 5.91 Å². The Bertz CT molecular complexity index is 900. The number of anilines is 1. The lowest BCUT2D eigenvalue weighted by Gasteiger charge is -2.16. The van der Waals surface area contributed by atoms with Gasteiger partial charge in [-0.15, -0.1) is 10.2 Å². The number of benzene rings is 2. The number of aromatic nitrogens is 4. The fourth-order valence-electron chi connectivity index (χ4n) is 2.62. The molecule has 9 heteroatoms. The van der Waals surface area contributed by atoms with Crippen LogP contribution in [0.1, 0.15) is 17.3 Å². The Labute approximate surface area is 154 Å². The molecule has 1 atom stereocenters. The summed E-state index contributed by atoms with van der Waals surface area (Å²) in [6.45, 7) is 0. The van der Waals surface area contributed by atoms with Crippen molar-refractivity contribution in [1.29, 1.82) is 0 Å². The minimum absolute atomic E-state index is 0.243. The summed E-state index contributed by atoms with van der Waals surface area (Å²) in [4.78, 5) is 12.8. The lowest BCUT2D eigenvalue weighted by Crippen LogP contribution is -2.24. The van der Waals surface area contributed by atoms with Gasteiger partial charge in [0, 0.05) is 11.8 Å². The number of methoxy groups -OCH3 is 2. The highest BCUT2D eigenvalue weighted by Crippen LogP contribution is 2.29. The second-order valence-electron chi connectivity index (χ2n) is 5.70. The van der Waals surface area contributed by atoms with E-state index in [1.165, 1.54) is 24.3 Å². The molecule has 0 aliphatic carbocycles. The number of rotatable bonds is 7. The number of nitrogens with one attached hydrogen (secondary N) is 2. The Morgan fingerprint density at radius 1 is 1.19 bits per heavy atom. The molecule has 2 N–H and O–H groups in total. The topological polar surface area (TPSA) is 102 Å². The summed E-state index contributed by atoms with van der Waals surface area (Å²) in [7, 11) is 3.10. The quantitative estimate of drug-likeness (QED) is 0.661. The van der Waals surface area contributed by atoms with Gasteiger partial charge in [-0.25, -0.2) is 4.39 Å². The van der Waals surface area contributed by atoms with Crippen LogP contribution in [0.5, 0.6) is 11.5 Å². The minimum atomic E-state index is -0.726. The molecular weight excluding hydrogens is 353 g/mol. The van der Waals surface area contributed by atoms with E-state index in [4.69, 9.17) is 9.47 Å². The van der Waals surface area contributed by atoms with Crippen molar-refractivity contribution in [3.05, 3.63) is 59.7 Å². The normalized spacial score (nSPS) is 11.7. The van der Waals surface area contributed by atoms with Gasteiger partial charge in [-0.2, -0.15) is 5.21 Å². The molecule has 0 radical (unpaired) electrons. The van der Waals surface area contributed by atoms with Crippen molar-refractivity contribution < 1.29 is 18.7 Å². The molecule has 0 aliphatic heterocycles. The van der Waals surface area contributed by atoms with Gasteiger partial charge in [-0.05, 0) is 42.3 Å². The van der Waals surface area contributed by atoms with E-state index in [0.717, 1.165) is 5.56 Å². The number of carbonyl (C=O) groups is 1. The molecule has 0 spiro atoms. The number of carbonyl (C=O) groups excluding carboxylic acids is 1. The van der Waals surface area contributed by atoms with Crippen LogP contribution in [0, 0.1) is 5.82 Å². The highest BCUT2D eigenvalue weighted by atomic mass is 19.1. The number of hydrogen-bond acceptors (Lipinski definition) is 6. The van der Waals surface area contributed by atoms with E-state index >= 15 is 0 Å². The van der Waals surface area contributed by atoms with Crippen LogP contribution in [0.2, 0.25) is 0 Å². The number of ether oxygens (including phenoxy) is 2. The van der Waals surface area contributed by atoms with Gasteiger partial charge in [0.1, 0.15) is 23.2 Å². The molecule has 27 heavy (non-hydrogen) atoms. The third-order valence-electron chi connectivity index (χ3n) is 4.02. The minimum Gasteiger partial charge on any atom is -0.497 e.